The number of nitrogens with zero attached hydrogens (tertiary/aromatic N) is 1. The minimum atomic E-state index is -1.23. The zero-order chi connectivity index (χ0) is 9.02. The van der Waals surface area contributed by atoms with Crippen LogP contribution in [0.1, 0.15) is 13.3 Å². The molecule has 1 N–H and O–H groups in total. The predicted octanol–water partition coefficient (Wildman–Crippen LogP) is 0.956. The average molecular weight is 443 g/mol. The van der Waals surface area contributed by atoms with Crippen molar-refractivity contribution in [3.05, 3.63) is 19.8 Å². The van der Waals surface area contributed by atoms with Gasteiger partial charge in [0.25, 0.3) is 0 Å². The van der Waals surface area contributed by atoms with Crippen molar-refractivity contribution in [2.45, 2.75) is 13.3 Å². The molecule has 77 valence electrons. The van der Waals surface area contributed by atoms with E-state index < -0.39 is 17.6 Å². The Morgan fingerprint density at radius 3 is 1.93 bits per heavy atom. The van der Waals surface area contributed by atoms with E-state index in [4.69, 9.17) is 10.5 Å². The number of hydrogen-bond acceptors (Lipinski definition) is 2. The molecule has 1 radical (unpaired) electrons. The second kappa shape index (κ2) is 11.5. The van der Waals surface area contributed by atoms with E-state index in [1.165, 1.54) is 6.92 Å². The van der Waals surface area contributed by atoms with Crippen molar-refractivity contribution < 1.29 is 68.5 Å². The van der Waals surface area contributed by atoms with Crippen LogP contribution in [0.2, 0.25) is 0 Å². The molecule has 0 fully saturated rings. The van der Waals surface area contributed by atoms with Crippen LogP contribution in [0.5, 0.6) is 0 Å². The van der Waals surface area contributed by atoms with E-state index in [-0.39, 0.29) is 73.4 Å². The van der Waals surface area contributed by atoms with Gasteiger partial charge in [-0.05, 0) is 6.92 Å². The summed E-state index contributed by atoms with van der Waals surface area (Å²) in [6, 6.07) is 0. The molecule has 0 heterocycles. The third-order valence-corrected chi connectivity index (χ3v) is 1.19. The van der Waals surface area contributed by atoms with Crippen LogP contribution < -0.4 is 0 Å². The Kier molecular flexibility index (Phi) is 19.8. The van der Waals surface area contributed by atoms with Crippen LogP contribution in [0.25, 0.3) is 5.41 Å². The molecule has 0 aliphatic heterocycles. The van der Waals surface area contributed by atoms with Gasteiger partial charge in [-0.2, -0.15) is 0 Å². The number of hydrogen-bond donors (Lipinski definition) is 1. The fraction of sp³-hybridized carbons (Fsp3) is 0.375. The van der Waals surface area contributed by atoms with Gasteiger partial charge in [0.2, 0.25) is 0 Å². The zero-order valence-corrected chi connectivity index (χ0v) is 14.0. The molecule has 1 unspecified atom stereocenters. The average Bonchev–Trinajstić information content (AvgIpc) is 1.81. The van der Waals surface area contributed by atoms with Gasteiger partial charge in [-0.25, -0.2) is 0 Å². The number of carboxylic acid groups (broad SMARTS) is 1. The van der Waals surface area contributed by atoms with E-state index in [0.717, 1.165) is 0 Å². The van der Waals surface area contributed by atoms with E-state index in [0.29, 0.717) is 0 Å². The molecule has 1 atom stereocenters. The summed E-state index contributed by atoms with van der Waals surface area (Å²) in [4.78, 5) is 20.8. The molecule has 0 saturated carbocycles. The number of ketones is 1. The Morgan fingerprint density at radius 1 is 1.50 bits per heavy atom. The zero-order valence-electron chi connectivity index (χ0n) is 8.19. The quantitative estimate of drug-likeness (QED) is 0.520. The van der Waals surface area contributed by atoms with E-state index in [2.05, 4.69) is 6.92 Å². The molecule has 0 aromatic heterocycles. The number of carbonyl (C=O) groups is 2. The van der Waals surface area contributed by atoms with Crippen molar-refractivity contribution >= 4 is 17.5 Å². The fourth-order valence-corrected chi connectivity index (χ4v) is 0.635. The Bertz CT molecular complexity index is 195. The smallest absolute Gasteiger partial charge is 0.838 e. The molecule has 0 rings (SSSR count). The number of aliphatic carboxylic acids is 1. The summed E-state index contributed by atoms with van der Waals surface area (Å²) < 4.78 is 0. The third-order valence-electron chi connectivity index (χ3n) is 1.19. The number of carbonyl (C=O) groups excluding carboxylic acids is 1. The van der Waals surface area contributed by atoms with E-state index in [1.807, 2.05) is 0 Å². The van der Waals surface area contributed by atoms with Crippen LogP contribution >= 0.6 is 0 Å². The summed E-state index contributed by atoms with van der Waals surface area (Å²) in [7, 11) is 0. The van der Waals surface area contributed by atoms with Gasteiger partial charge < -0.3 is 30.6 Å². The molecule has 4 nitrogen and oxygen atoms in total. The molecule has 0 aliphatic rings. The van der Waals surface area contributed by atoms with Crippen LogP contribution in [0.3, 0.4) is 0 Å². The topological polar surface area (TPSA) is 76.7 Å². The largest absolute Gasteiger partial charge is 2.00 e. The molecule has 0 aromatic carbocycles. The summed E-state index contributed by atoms with van der Waals surface area (Å²) >= 11 is 0. The van der Waals surface area contributed by atoms with E-state index in [9.17, 15) is 9.59 Å². The van der Waals surface area contributed by atoms with Crippen molar-refractivity contribution in [2.24, 2.45) is 5.92 Å². The first kappa shape index (κ1) is 24.0. The Labute approximate surface area is 124 Å². The maximum absolute atomic E-state index is 10.4. The van der Waals surface area contributed by atoms with Crippen molar-refractivity contribution in [3.63, 3.8) is 0 Å². The van der Waals surface area contributed by atoms with Gasteiger partial charge in [-0.15, -0.1) is 0 Å². The molecule has 0 amide bonds. The van der Waals surface area contributed by atoms with Crippen molar-refractivity contribution in [3.8, 4) is 0 Å². The van der Waals surface area contributed by atoms with E-state index >= 15 is 0 Å². The van der Waals surface area contributed by atoms with Crippen molar-refractivity contribution in [1.82, 2.24) is 0 Å². The standard InChI is InChI=1S/C7H9NO3.CH3.W.Y/c1-4(9)3-6(5(2)8)7(10)11;;;/h6H,2-3H2,1H3,(H,10,11);1H3;;/q-2;-1;+2;. The normalized spacial score (nSPS) is 9.50. The second-order valence-electron chi connectivity index (χ2n) is 2.29. The molecule has 0 saturated heterocycles. The second-order valence-corrected chi connectivity index (χ2v) is 2.29. The Hall–Kier alpha value is 0.472. The first-order valence-corrected chi connectivity index (χ1v) is 3.05. The molecule has 0 aromatic rings. The van der Waals surface area contributed by atoms with Crippen LogP contribution in [0.4, 0.5) is 0 Å². The number of carboxylic acids is 1. The van der Waals surface area contributed by atoms with Crippen molar-refractivity contribution in [2.75, 3.05) is 0 Å². The minimum Gasteiger partial charge on any atom is -0.838 e. The summed E-state index contributed by atoms with van der Waals surface area (Å²) in [5.41, 5.74) is -0.479. The van der Waals surface area contributed by atoms with Gasteiger partial charge in [0.1, 0.15) is 5.78 Å². The van der Waals surface area contributed by atoms with Gasteiger partial charge in [0, 0.05) is 45.0 Å². The summed E-state index contributed by atoms with van der Waals surface area (Å²) in [6.07, 6.45) is -0.204. The molecule has 0 spiro atoms. The van der Waals surface area contributed by atoms with Gasteiger partial charge in [0.05, 0.1) is 0 Å². The fourth-order valence-electron chi connectivity index (χ4n) is 0.635. The monoisotopic (exact) mass is 443 g/mol. The first-order valence-electron chi connectivity index (χ1n) is 3.05. The van der Waals surface area contributed by atoms with Crippen LogP contribution in [0, 0.1) is 20.3 Å². The number of rotatable bonds is 4. The molecular weight excluding hydrogens is 431 g/mol. The van der Waals surface area contributed by atoms with E-state index in [1.54, 1.807) is 0 Å². The van der Waals surface area contributed by atoms with Crippen LogP contribution in [0.15, 0.2) is 0 Å². The molecule has 0 bridgehead atoms. The number of Topliss-reactive ketones (excluding diaryl/α,β-unsaturated/α-hetero) is 1. The third kappa shape index (κ3) is 10.6. The molecule has 6 heteroatoms. The van der Waals surface area contributed by atoms with Gasteiger partial charge >= 0.3 is 27.0 Å². The van der Waals surface area contributed by atoms with Gasteiger partial charge in [0.15, 0.2) is 0 Å². The molecule has 0 aliphatic carbocycles. The molecular formula is C8H12NO3WY-. The predicted molar refractivity (Wildman–Crippen MR) is 46.6 cm³/mol. The van der Waals surface area contributed by atoms with Crippen LogP contribution in [-0.2, 0) is 63.4 Å². The van der Waals surface area contributed by atoms with Crippen LogP contribution in [-0.4, -0.2) is 22.6 Å². The summed E-state index contributed by atoms with van der Waals surface area (Å²) in [5.74, 6) is -2.67. The Balaban J connectivity index is -0.000000167. The van der Waals surface area contributed by atoms with Gasteiger partial charge in [-0.1, -0.05) is 0 Å². The maximum Gasteiger partial charge on any atom is 2.00 e. The van der Waals surface area contributed by atoms with Crippen molar-refractivity contribution in [1.29, 1.82) is 0 Å². The maximum atomic E-state index is 10.4. The Morgan fingerprint density at radius 2 is 1.86 bits per heavy atom. The van der Waals surface area contributed by atoms with Gasteiger partial charge in [-0.3, -0.25) is 9.59 Å². The first-order chi connectivity index (χ1) is 4.95. The molecule has 14 heavy (non-hydrogen) atoms. The minimum absolute atomic E-state index is 0. The summed E-state index contributed by atoms with van der Waals surface area (Å²) in [6.45, 7) is 4.32. The SMILES string of the molecule is [CH2-]C(=[N-])C(CC(C)=O)C(=O)O.[CH3-].[W+2].[Y]. The summed E-state index contributed by atoms with van der Waals surface area (Å²) in [5, 5.41) is 17.1.